The van der Waals surface area contributed by atoms with Gasteiger partial charge in [-0.15, -0.1) is 0 Å². The Balaban J connectivity index is 1.85. The van der Waals surface area contributed by atoms with Gasteiger partial charge in [0.2, 0.25) is 0 Å². The molecule has 3 aromatic rings. The highest BCUT2D eigenvalue weighted by Crippen LogP contribution is 2.38. The van der Waals surface area contributed by atoms with E-state index in [4.69, 9.17) is 4.74 Å². The zero-order chi connectivity index (χ0) is 21.5. The van der Waals surface area contributed by atoms with Crippen LogP contribution in [0.2, 0.25) is 0 Å². The molecule has 154 valence electrons. The van der Waals surface area contributed by atoms with Crippen LogP contribution in [-0.2, 0) is 15.0 Å². The maximum absolute atomic E-state index is 13.1. The van der Waals surface area contributed by atoms with Crippen LogP contribution in [0, 0.1) is 11.8 Å². The smallest absolute Gasteiger partial charge is 0.315 e. The van der Waals surface area contributed by atoms with Gasteiger partial charge in [0.05, 0.1) is 11.8 Å². The van der Waals surface area contributed by atoms with E-state index in [0.29, 0.717) is 18.6 Å². The highest BCUT2D eigenvalue weighted by atomic mass is 16.5. The molecule has 0 aromatic heterocycles. The first-order chi connectivity index (χ1) is 14.3. The third kappa shape index (κ3) is 3.70. The Hall–Kier alpha value is -3.14. The van der Waals surface area contributed by atoms with Crippen LogP contribution in [0.1, 0.15) is 39.2 Å². The Labute approximate surface area is 176 Å². The van der Waals surface area contributed by atoms with Crippen molar-refractivity contribution in [2.75, 3.05) is 0 Å². The first-order valence-electron chi connectivity index (χ1n) is 10.3. The second kappa shape index (κ2) is 7.60. The van der Waals surface area contributed by atoms with Crippen LogP contribution in [0.25, 0.3) is 21.5 Å². The number of benzene rings is 3. The van der Waals surface area contributed by atoms with Gasteiger partial charge in [-0.25, -0.2) is 0 Å². The van der Waals surface area contributed by atoms with Crippen LogP contribution in [0.5, 0.6) is 5.75 Å². The number of esters is 1. The highest BCUT2D eigenvalue weighted by molar-refractivity contribution is 6.07. The van der Waals surface area contributed by atoms with Crippen LogP contribution >= 0.6 is 0 Å². The van der Waals surface area contributed by atoms with Crippen molar-refractivity contribution >= 4 is 33.5 Å². The number of ether oxygens (including phenoxy) is 1. The molecule has 2 unspecified atom stereocenters. The van der Waals surface area contributed by atoms with E-state index in [1.807, 2.05) is 36.4 Å². The van der Waals surface area contributed by atoms with Crippen molar-refractivity contribution in [1.82, 2.24) is 0 Å². The average molecular weight is 402 g/mol. The van der Waals surface area contributed by atoms with E-state index in [1.165, 1.54) is 0 Å². The van der Waals surface area contributed by atoms with Crippen LogP contribution in [0.15, 0.2) is 60.7 Å². The van der Waals surface area contributed by atoms with Crippen molar-refractivity contribution in [3.63, 3.8) is 0 Å². The van der Waals surface area contributed by atoms with Gasteiger partial charge in [-0.1, -0.05) is 69.3 Å². The Morgan fingerprint density at radius 3 is 2.27 bits per heavy atom. The Morgan fingerprint density at radius 2 is 1.57 bits per heavy atom. The summed E-state index contributed by atoms with van der Waals surface area (Å²) in [6.45, 7) is 6.44. The third-order valence-corrected chi connectivity index (χ3v) is 5.94. The summed E-state index contributed by atoms with van der Waals surface area (Å²) in [6, 6.07) is 16.2. The Morgan fingerprint density at radius 1 is 0.900 bits per heavy atom. The molecule has 0 aliphatic heterocycles. The summed E-state index contributed by atoms with van der Waals surface area (Å²) in [5.41, 5.74) is 1.09. The summed E-state index contributed by atoms with van der Waals surface area (Å²) in [5.74, 6) is -2.37. The average Bonchev–Trinajstić information content (AvgIpc) is 2.72. The fourth-order valence-electron chi connectivity index (χ4n) is 4.12. The van der Waals surface area contributed by atoms with E-state index in [1.54, 1.807) is 0 Å². The van der Waals surface area contributed by atoms with Gasteiger partial charge >= 0.3 is 11.9 Å². The number of carboxylic acid groups (broad SMARTS) is 1. The first-order valence-corrected chi connectivity index (χ1v) is 10.3. The molecule has 0 radical (unpaired) electrons. The van der Waals surface area contributed by atoms with Crippen LogP contribution in [0.3, 0.4) is 0 Å². The maximum Gasteiger partial charge on any atom is 0.315 e. The molecule has 0 bridgehead atoms. The summed E-state index contributed by atoms with van der Waals surface area (Å²) in [5, 5.41) is 13.2. The second-order valence-electron chi connectivity index (χ2n) is 9.03. The molecule has 3 aromatic carbocycles. The zero-order valence-electron chi connectivity index (χ0n) is 17.5. The first kappa shape index (κ1) is 20.1. The van der Waals surface area contributed by atoms with Crippen LogP contribution in [-0.4, -0.2) is 17.0 Å². The summed E-state index contributed by atoms with van der Waals surface area (Å²) in [7, 11) is 0. The van der Waals surface area contributed by atoms with E-state index in [-0.39, 0.29) is 5.41 Å². The number of fused-ring (bicyclic) bond motifs is 2. The molecule has 0 spiro atoms. The standard InChI is InChI=1S/C26H26O4/c1-26(2,3)18-13-12-17-14-16-8-4-5-9-19(16)23(22(17)15-18)30-25(29)21-11-7-6-10-20(21)24(27)28/h4-9,12-15,20-21H,10-11H2,1-3H3,(H,27,28). The van der Waals surface area contributed by atoms with Gasteiger partial charge in [-0.05, 0) is 46.7 Å². The molecule has 1 aliphatic rings. The van der Waals surface area contributed by atoms with Crippen molar-refractivity contribution in [1.29, 1.82) is 0 Å². The van der Waals surface area contributed by atoms with Gasteiger partial charge in [0, 0.05) is 10.8 Å². The molecule has 0 heterocycles. The summed E-state index contributed by atoms with van der Waals surface area (Å²) < 4.78 is 5.99. The number of carbonyl (C=O) groups excluding carboxylic acids is 1. The lowest BCUT2D eigenvalue weighted by atomic mass is 9.83. The molecule has 0 amide bonds. The molecule has 0 saturated heterocycles. The molecule has 2 atom stereocenters. The quantitative estimate of drug-likeness (QED) is 0.258. The van der Waals surface area contributed by atoms with Gasteiger partial charge in [0.1, 0.15) is 5.75 Å². The lowest BCUT2D eigenvalue weighted by molar-refractivity contribution is -0.152. The highest BCUT2D eigenvalue weighted by Gasteiger charge is 2.35. The summed E-state index contributed by atoms with van der Waals surface area (Å²) >= 11 is 0. The van der Waals surface area contributed by atoms with Gasteiger partial charge in [0.15, 0.2) is 0 Å². The lowest BCUT2D eigenvalue weighted by Gasteiger charge is -2.24. The summed E-state index contributed by atoms with van der Waals surface area (Å²) in [6.07, 6.45) is 4.42. The van der Waals surface area contributed by atoms with E-state index in [2.05, 4.69) is 45.0 Å². The van der Waals surface area contributed by atoms with E-state index in [9.17, 15) is 14.7 Å². The second-order valence-corrected chi connectivity index (χ2v) is 9.03. The van der Waals surface area contributed by atoms with Crippen molar-refractivity contribution < 1.29 is 19.4 Å². The van der Waals surface area contributed by atoms with Crippen molar-refractivity contribution in [3.8, 4) is 5.75 Å². The number of aliphatic carboxylic acids is 1. The number of hydrogen-bond donors (Lipinski definition) is 1. The molecule has 30 heavy (non-hydrogen) atoms. The normalized spacial score (nSPS) is 19.2. The largest absolute Gasteiger partial charge is 0.481 e. The molecule has 4 heteroatoms. The number of carboxylic acids is 1. The van der Waals surface area contributed by atoms with Gasteiger partial charge in [0.25, 0.3) is 0 Å². The molecular formula is C26H26O4. The predicted octanol–water partition coefficient (Wildman–Crippen LogP) is 5.86. The maximum atomic E-state index is 13.1. The topological polar surface area (TPSA) is 63.6 Å². The van der Waals surface area contributed by atoms with E-state index < -0.39 is 23.8 Å². The fraction of sp³-hybridized carbons (Fsp3) is 0.308. The van der Waals surface area contributed by atoms with Crippen molar-refractivity contribution in [2.24, 2.45) is 11.8 Å². The van der Waals surface area contributed by atoms with E-state index >= 15 is 0 Å². The monoisotopic (exact) mass is 402 g/mol. The Kier molecular flexibility index (Phi) is 5.10. The molecule has 4 rings (SSSR count). The Bertz CT molecular complexity index is 1170. The van der Waals surface area contributed by atoms with Gasteiger partial charge in [-0.2, -0.15) is 0 Å². The van der Waals surface area contributed by atoms with Gasteiger partial charge in [-0.3, -0.25) is 9.59 Å². The number of hydrogen-bond acceptors (Lipinski definition) is 3. The minimum atomic E-state index is -0.959. The van der Waals surface area contributed by atoms with E-state index in [0.717, 1.165) is 27.1 Å². The van der Waals surface area contributed by atoms with Crippen molar-refractivity contribution in [3.05, 3.63) is 66.2 Å². The minimum absolute atomic E-state index is 0.0519. The SMILES string of the molecule is CC(C)(C)c1ccc2cc3ccccc3c(OC(=O)C3CC=CCC3C(=O)O)c2c1. The molecular weight excluding hydrogens is 376 g/mol. The van der Waals surface area contributed by atoms with Gasteiger partial charge < -0.3 is 9.84 Å². The number of carbonyl (C=O) groups is 2. The predicted molar refractivity (Wildman–Crippen MR) is 119 cm³/mol. The number of allylic oxidation sites excluding steroid dienone is 2. The lowest BCUT2D eigenvalue weighted by Crippen LogP contribution is -2.33. The minimum Gasteiger partial charge on any atom is -0.481 e. The molecule has 0 saturated carbocycles. The van der Waals surface area contributed by atoms with Crippen LogP contribution < -0.4 is 4.74 Å². The zero-order valence-corrected chi connectivity index (χ0v) is 17.5. The number of rotatable bonds is 3. The molecule has 0 fully saturated rings. The summed E-state index contributed by atoms with van der Waals surface area (Å²) in [4.78, 5) is 24.8. The third-order valence-electron chi connectivity index (χ3n) is 5.94. The van der Waals surface area contributed by atoms with Crippen LogP contribution in [0.4, 0.5) is 0 Å². The van der Waals surface area contributed by atoms with Crippen molar-refractivity contribution in [2.45, 2.75) is 39.0 Å². The molecule has 1 N–H and O–H groups in total. The fourth-order valence-corrected chi connectivity index (χ4v) is 4.12. The molecule has 4 nitrogen and oxygen atoms in total. The molecule has 1 aliphatic carbocycles.